The zero-order valence-electron chi connectivity index (χ0n) is 11.1. The number of hydrogen-bond acceptors (Lipinski definition) is 2. The first kappa shape index (κ1) is 13.1. The summed E-state index contributed by atoms with van der Waals surface area (Å²) < 4.78 is 0.992. The van der Waals surface area contributed by atoms with Gasteiger partial charge in [0.05, 0.1) is 11.5 Å². The summed E-state index contributed by atoms with van der Waals surface area (Å²) in [6, 6.07) is 10.2. The summed E-state index contributed by atoms with van der Waals surface area (Å²) in [6.45, 7) is 1.82. The average molecular weight is 320 g/mol. The van der Waals surface area contributed by atoms with Crippen LogP contribution in [0, 0.1) is 28.6 Å². The first-order valence-electron chi connectivity index (χ1n) is 6.89. The molecule has 3 heteroatoms. The lowest BCUT2D eigenvalue weighted by Crippen LogP contribution is -2.46. The van der Waals surface area contributed by atoms with Crippen LogP contribution in [0.5, 0.6) is 0 Å². The molecule has 2 bridgehead atoms. The van der Waals surface area contributed by atoms with Crippen molar-refractivity contribution < 1.29 is 5.11 Å². The maximum Gasteiger partial charge on any atom is 0.106 e. The third-order valence-corrected chi connectivity index (χ3v) is 5.85. The molecule has 0 heterocycles. The van der Waals surface area contributed by atoms with Gasteiger partial charge in [0.1, 0.15) is 5.60 Å². The van der Waals surface area contributed by atoms with Crippen LogP contribution in [0.15, 0.2) is 28.7 Å². The van der Waals surface area contributed by atoms with E-state index in [1.165, 1.54) is 6.42 Å². The van der Waals surface area contributed by atoms with Crippen LogP contribution in [-0.2, 0) is 5.60 Å². The fourth-order valence-corrected chi connectivity index (χ4v) is 4.47. The van der Waals surface area contributed by atoms with Crippen LogP contribution >= 0.6 is 15.9 Å². The van der Waals surface area contributed by atoms with Gasteiger partial charge in [0.25, 0.3) is 0 Å². The molecule has 1 N–H and O–H groups in total. The lowest BCUT2D eigenvalue weighted by molar-refractivity contribution is -0.0734. The van der Waals surface area contributed by atoms with E-state index in [-0.39, 0.29) is 0 Å². The number of fused-ring (bicyclic) bond motifs is 2. The molecular weight excluding hydrogens is 302 g/mol. The highest BCUT2D eigenvalue weighted by Crippen LogP contribution is 2.62. The largest absolute Gasteiger partial charge is 0.384 e. The zero-order valence-corrected chi connectivity index (χ0v) is 12.7. The van der Waals surface area contributed by atoms with Gasteiger partial charge in [0.2, 0.25) is 0 Å². The Kier molecular flexibility index (Phi) is 2.99. The van der Waals surface area contributed by atoms with Crippen molar-refractivity contribution in [3.8, 4) is 6.07 Å². The van der Waals surface area contributed by atoms with Crippen molar-refractivity contribution in [3.63, 3.8) is 0 Å². The predicted octanol–water partition coefficient (Wildman–Crippen LogP) is 3.99. The summed E-state index contributed by atoms with van der Waals surface area (Å²) in [7, 11) is 0. The standard InChI is InChI=1S/C16H18BrNO/c1-15(19,12-4-6-14(17)7-5-12)16(10-18)9-11-2-3-13(16)8-11/h4-7,11,13,19H,2-3,8-9H2,1H3. The molecule has 0 aromatic heterocycles. The Bertz CT molecular complexity index is 531. The molecule has 0 saturated heterocycles. The van der Waals surface area contributed by atoms with Gasteiger partial charge in [-0.3, -0.25) is 0 Å². The summed E-state index contributed by atoms with van der Waals surface area (Å²) >= 11 is 3.41. The van der Waals surface area contributed by atoms with Crippen molar-refractivity contribution in [2.45, 2.75) is 38.2 Å². The van der Waals surface area contributed by atoms with Gasteiger partial charge in [0.15, 0.2) is 0 Å². The van der Waals surface area contributed by atoms with E-state index in [1.807, 2.05) is 31.2 Å². The molecular formula is C16H18BrNO. The summed E-state index contributed by atoms with van der Waals surface area (Å²) in [5.41, 5.74) is -0.823. The molecule has 1 aromatic carbocycles. The monoisotopic (exact) mass is 319 g/mol. The highest BCUT2D eigenvalue weighted by atomic mass is 79.9. The maximum absolute atomic E-state index is 11.1. The van der Waals surface area contributed by atoms with Crippen LogP contribution < -0.4 is 0 Å². The van der Waals surface area contributed by atoms with Crippen LogP contribution in [0.4, 0.5) is 0 Å². The van der Waals surface area contributed by atoms with Gasteiger partial charge in [-0.15, -0.1) is 0 Å². The molecule has 2 saturated carbocycles. The predicted molar refractivity (Wildman–Crippen MR) is 77.2 cm³/mol. The second-order valence-corrected chi connectivity index (χ2v) is 7.16. The van der Waals surface area contributed by atoms with E-state index in [9.17, 15) is 10.4 Å². The number of benzene rings is 1. The summed E-state index contributed by atoms with van der Waals surface area (Å²) in [5.74, 6) is 0.979. The molecule has 0 spiro atoms. The SMILES string of the molecule is CC(O)(c1ccc(Br)cc1)C1(C#N)CC2CCC1C2. The second kappa shape index (κ2) is 4.33. The maximum atomic E-state index is 11.1. The van der Waals surface area contributed by atoms with Crippen LogP contribution in [0.25, 0.3) is 0 Å². The highest BCUT2D eigenvalue weighted by molar-refractivity contribution is 9.10. The van der Waals surface area contributed by atoms with Crippen molar-refractivity contribution in [3.05, 3.63) is 34.3 Å². The van der Waals surface area contributed by atoms with E-state index < -0.39 is 11.0 Å². The van der Waals surface area contributed by atoms with Crippen LogP contribution in [0.1, 0.15) is 38.2 Å². The van der Waals surface area contributed by atoms with Gasteiger partial charge in [-0.1, -0.05) is 34.5 Å². The quantitative estimate of drug-likeness (QED) is 0.895. The number of hydrogen-bond donors (Lipinski definition) is 1. The molecule has 0 aliphatic heterocycles. The molecule has 4 unspecified atom stereocenters. The Hall–Kier alpha value is -0.850. The summed E-state index contributed by atoms with van der Waals surface area (Å²) in [5, 5.41) is 20.9. The molecule has 2 aliphatic rings. The Morgan fingerprint density at radius 3 is 2.53 bits per heavy atom. The molecule has 2 fully saturated rings. The fourth-order valence-electron chi connectivity index (χ4n) is 4.20. The lowest BCUT2D eigenvalue weighted by atomic mass is 9.61. The molecule has 4 atom stereocenters. The van der Waals surface area contributed by atoms with Gasteiger partial charge in [-0.2, -0.15) is 5.26 Å². The zero-order chi connectivity index (χ0) is 13.7. The van der Waals surface area contributed by atoms with E-state index in [2.05, 4.69) is 22.0 Å². The molecule has 19 heavy (non-hydrogen) atoms. The Balaban J connectivity index is 2.03. The van der Waals surface area contributed by atoms with Crippen molar-refractivity contribution in [1.29, 1.82) is 5.26 Å². The van der Waals surface area contributed by atoms with Gasteiger partial charge in [-0.25, -0.2) is 0 Å². The smallest absolute Gasteiger partial charge is 0.106 e. The molecule has 100 valence electrons. The molecule has 2 aliphatic carbocycles. The third-order valence-electron chi connectivity index (χ3n) is 5.32. The minimum Gasteiger partial charge on any atom is -0.384 e. The summed E-state index contributed by atoms with van der Waals surface area (Å²) in [4.78, 5) is 0. The second-order valence-electron chi connectivity index (χ2n) is 6.24. The molecule has 0 amide bonds. The number of rotatable bonds is 2. The number of nitriles is 1. The minimum atomic E-state index is -1.07. The topological polar surface area (TPSA) is 44.0 Å². The van der Waals surface area contributed by atoms with Crippen molar-refractivity contribution in [2.24, 2.45) is 17.3 Å². The minimum absolute atomic E-state index is 0.348. The Morgan fingerprint density at radius 1 is 1.37 bits per heavy atom. The van der Waals surface area contributed by atoms with Gasteiger partial charge in [0, 0.05) is 4.47 Å². The summed E-state index contributed by atoms with van der Waals surface area (Å²) in [6.07, 6.45) is 4.27. The highest BCUT2D eigenvalue weighted by Gasteiger charge is 2.60. The fraction of sp³-hybridized carbons (Fsp3) is 0.562. The van der Waals surface area contributed by atoms with Gasteiger partial charge < -0.3 is 5.11 Å². The normalized spacial score (nSPS) is 35.9. The molecule has 1 aromatic rings. The van der Waals surface area contributed by atoms with Crippen LogP contribution in [0.3, 0.4) is 0 Å². The van der Waals surface area contributed by atoms with Crippen molar-refractivity contribution >= 4 is 15.9 Å². The van der Waals surface area contributed by atoms with E-state index in [0.29, 0.717) is 11.8 Å². The van der Waals surface area contributed by atoms with Crippen molar-refractivity contribution in [1.82, 2.24) is 0 Å². The van der Waals surface area contributed by atoms with E-state index in [1.54, 1.807) is 0 Å². The molecule has 2 nitrogen and oxygen atoms in total. The first-order valence-corrected chi connectivity index (χ1v) is 7.68. The number of aliphatic hydroxyl groups is 1. The Labute approximate surface area is 122 Å². The van der Waals surface area contributed by atoms with Gasteiger partial charge >= 0.3 is 0 Å². The Morgan fingerprint density at radius 2 is 2.05 bits per heavy atom. The third kappa shape index (κ3) is 1.77. The number of nitrogens with zero attached hydrogens (tertiary/aromatic N) is 1. The van der Waals surface area contributed by atoms with E-state index >= 15 is 0 Å². The van der Waals surface area contributed by atoms with Crippen LogP contribution in [0.2, 0.25) is 0 Å². The number of halogens is 1. The first-order chi connectivity index (χ1) is 8.99. The molecule has 3 rings (SSSR count). The van der Waals surface area contributed by atoms with E-state index in [0.717, 1.165) is 29.3 Å². The average Bonchev–Trinajstić information content (AvgIpc) is 3.00. The van der Waals surface area contributed by atoms with Gasteiger partial charge in [-0.05, 0) is 55.7 Å². The van der Waals surface area contributed by atoms with E-state index in [4.69, 9.17) is 0 Å². The molecule has 0 radical (unpaired) electrons. The van der Waals surface area contributed by atoms with Crippen LogP contribution in [-0.4, -0.2) is 5.11 Å². The van der Waals surface area contributed by atoms with Crippen molar-refractivity contribution in [2.75, 3.05) is 0 Å². The lowest BCUT2D eigenvalue weighted by Gasteiger charge is -2.43.